The Bertz CT molecular complexity index is 698. The van der Waals surface area contributed by atoms with Crippen LogP contribution >= 0.6 is 0 Å². The van der Waals surface area contributed by atoms with E-state index in [-0.39, 0.29) is 0 Å². The van der Waals surface area contributed by atoms with E-state index in [0.717, 1.165) is 19.4 Å². The summed E-state index contributed by atoms with van der Waals surface area (Å²) in [5, 5.41) is 0. The summed E-state index contributed by atoms with van der Waals surface area (Å²) in [7, 11) is 0. The molecule has 1 heterocycles. The monoisotopic (exact) mass is 317 g/mol. The molecule has 1 aromatic rings. The average Bonchev–Trinajstić information content (AvgIpc) is 2.80. The summed E-state index contributed by atoms with van der Waals surface area (Å²) < 4.78 is 0. The van der Waals surface area contributed by atoms with Crippen molar-refractivity contribution in [1.29, 1.82) is 0 Å². The molecule has 2 aliphatic rings. The van der Waals surface area contributed by atoms with Gasteiger partial charge in [-0.1, -0.05) is 68.5 Å². The van der Waals surface area contributed by atoms with Crippen LogP contribution in [-0.4, -0.2) is 6.54 Å². The van der Waals surface area contributed by atoms with Crippen molar-refractivity contribution in [1.82, 2.24) is 0 Å². The van der Waals surface area contributed by atoms with Crippen molar-refractivity contribution in [3.63, 3.8) is 0 Å². The van der Waals surface area contributed by atoms with E-state index in [2.05, 4.69) is 91.6 Å². The zero-order valence-electron chi connectivity index (χ0n) is 14.8. The third-order valence-electron chi connectivity index (χ3n) is 4.91. The van der Waals surface area contributed by atoms with E-state index >= 15 is 0 Å². The van der Waals surface area contributed by atoms with Gasteiger partial charge in [-0.3, -0.25) is 0 Å². The number of fused-ring (bicyclic) bond motifs is 1. The van der Waals surface area contributed by atoms with E-state index < -0.39 is 0 Å². The van der Waals surface area contributed by atoms with Crippen LogP contribution in [0.5, 0.6) is 0 Å². The maximum atomic E-state index is 2.42. The molecule has 1 aliphatic heterocycles. The minimum Gasteiger partial charge on any atom is -0.337 e. The second-order valence-electron chi connectivity index (χ2n) is 6.52. The molecule has 124 valence electrons. The Morgan fingerprint density at radius 1 is 1.00 bits per heavy atom. The van der Waals surface area contributed by atoms with Crippen molar-refractivity contribution >= 4 is 5.69 Å². The van der Waals surface area contributed by atoms with Gasteiger partial charge in [-0.15, -0.1) is 0 Å². The van der Waals surface area contributed by atoms with Gasteiger partial charge in [-0.05, 0) is 54.5 Å². The molecule has 1 heteroatoms. The zero-order valence-corrected chi connectivity index (χ0v) is 14.8. The van der Waals surface area contributed by atoms with Crippen LogP contribution in [0.1, 0.15) is 44.6 Å². The Morgan fingerprint density at radius 2 is 1.79 bits per heavy atom. The maximum Gasteiger partial charge on any atom is 0.0446 e. The average molecular weight is 317 g/mol. The van der Waals surface area contributed by atoms with Gasteiger partial charge >= 0.3 is 0 Å². The van der Waals surface area contributed by atoms with Crippen molar-refractivity contribution in [3.8, 4) is 0 Å². The van der Waals surface area contributed by atoms with Gasteiger partial charge in [0.15, 0.2) is 0 Å². The number of hydrogen-bond acceptors (Lipinski definition) is 1. The highest BCUT2D eigenvalue weighted by molar-refractivity contribution is 5.60. The third kappa shape index (κ3) is 3.79. The Morgan fingerprint density at radius 3 is 2.58 bits per heavy atom. The minimum atomic E-state index is 0.620. The molecule has 0 spiro atoms. The van der Waals surface area contributed by atoms with Gasteiger partial charge in [0, 0.05) is 17.9 Å². The molecule has 1 aliphatic carbocycles. The van der Waals surface area contributed by atoms with Crippen LogP contribution in [0.15, 0.2) is 84.1 Å². The molecule has 0 saturated carbocycles. The van der Waals surface area contributed by atoms with Crippen LogP contribution in [0.4, 0.5) is 5.69 Å². The van der Waals surface area contributed by atoms with Gasteiger partial charge < -0.3 is 4.90 Å². The number of benzene rings is 1. The molecular weight excluding hydrogens is 290 g/mol. The highest BCUT2D eigenvalue weighted by atomic mass is 15.1. The molecule has 1 unspecified atom stereocenters. The molecule has 0 aromatic heterocycles. The molecular formula is C23H27N. The standard InChI is InChI=1S/C23H27N/c1-3-19(2)20-14-16-22(17-15-20)24-18-10-5-4-7-11-21-12-8-6-9-13-23(21)24/h4-7,9-10,12-17,19H,3,8,11,18H2,1-2H3/b7-4-,10-5-. The largest absolute Gasteiger partial charge is 0.337 e. The lowest BCUT2D eigenvalue weighted by Crippen LogP contribution is -2.23. The van der Waals surface area contributed by atoms with Crippen molar-refractivity contribution in [3.05, 3.63) is 89.7 Å². The first-order valence-electron chi connectivity index (χ1n) is 9.05. The van der Waals surface area contributed by atoms with Crippen molar-refractivity contribution in [2.75, 3.05) is 11.4 Å². The quantitative estimate of drug-likeness (QED) is 0.633. The Labute approximate surface area is 146 Å². The second kappa shape index (κ2) is 8.01. The molecule has 0 amide bonds. The predicted octanol–water partition coefficient (Wildman–Crippen LogP) is 6.29. The lowest BCUT2D eigenvalue weighted by molar-refractivity contribution is 0.733. The van der Waals surface area contributed by atoms with E-state index in [4.69, 9.17) is 0 Å². The van der Waals surface area contributed by atoms with Gasteiger partial charge in [0.1, 0.15) is 0 Å². The fourth-order valence-corrected chi connectivity index (χ4v) is 3.19. The molecule has 1 nitrogen and oxygen atoms in total. The molecule has 0 N–H and O–H groups in total. The second-order valence-corrected chi connectivity index (χ2v) is 6.52. The van der Waals surface area contributed by atoms with E-state index in [0.29, 0.717) is 5.92 Å². The summed E-state index contributed by atoms with van der Waals surface area (Å²) in [6, 6.07) is 9.12. The molecule has 3 rings (SSSR count). The third-order valence-corrected chi connectivity index (χ3v) is 4.91. The van der Waals surface area contributed by atoms with Crippen LogP contribution in [0, 0.1) is 0 Å². The first-order chi connectivity index (χ1) is 11.8. The molecule has 1 atom stereocenters. The number of rotatable bonds is 3. The molecule has 0 fully saturated rings. The van der Waals surface area contributed by atoms with Crippen LogP contribution in [0.3, 0.4) is 0 Å². The summed E-state index contributed by atoms with van der Waals surface area (Å²) in [5.74, 6) is 0.620. The van der Waals surface area contributed by atoms with E-state index in [1.807, 2.05) is 0 Å². The summed E-state index contributed by atoms with van der Waals surface area (Å²) >= 11 is 0. The summed E-state index contributed by atoms with van der Waals surface area (Å²) in [4.78, 5) is 2.42. The SMILES string of the molecule is CCC(C)c1ccc(N2C/C=C\C=C/CC3=CCC=CC=C32)cc1. The van der Waals surface area contributed by atoms with Gasteiger partial charge in [-0.2, -0.15) is 0 Å². The van der Waals surface area contributed by atoms with Gasteiger partial charge in [0.2, 0.25) is 0 Å². The van der Waals surface area contributed by atoms with E-state index in [1.165, 1.54) is 28.9 Å². The fraction of sp³-hybridized carbons (Fsp3) is 0.304. The highest BCUT2D eigenvalue weighted by Crippen LogP contribution is 2.30. The predicted molar refractivity (Wildman–Crippen MR) is 105 cm³/mol. The molecule has 0 bridgehead atoms. The maximum absolute atomic E-state index is 2.42. The molecule has 0 radical (unpaired) electrons. The van der Waals surface area contributed by atoms with E-state index in [9.17, 15) is 0 Å². The van der Waals surface area contributed by atoms with Crippen LogP contribution in [0.2, 0.25) is 0 Å². The lowest BCUT2D eigenvalue weighted by atomic mass is 9.98. The number of nitrogens with zero attached hydrogens (tertiary/aromatic N) is 1. The zero-order chi connectivity index (χ0) is 16.8. The molecule has 24 heavy (non-hydrogen) atoms. The fourth-order valence-electron chi connectivity index (χ4n) is 3.19. The molecule has 1 aromatic carbocycles. The van der Waals surface area contributed by atoms with Crippen LogP contribution in [0.25, 0.3) is 0 Å². The van der Waals surface area contributed by atoms with Crippen LogP contribution < -0.4 is 4.90 Å². The number of hydrogen-bond donors (Lipinski definition) is 0. The Hall–Kier alpha value is -2.28. The highest BCUT2D eigenvalue weighted by Gasteiger charge is 2.16. The first-order valence-corrected chi connectivity index (χ1v) is 9.05. The van der Waals surface area contributed by atoms with Gasteiger partial charge in [0.25, 0.3) is 0 Å². The Balaban J connectivity index is 1.96. The lowest BCUT2D eigenvalue weighted by Gasteiger charge is -2.28. The summed E-state index contributed by atoms with van der Waals surface area (Å²) in [6.07, 6.45) is 21.0. The first kappa shape index (κ1) is 16.6. The topological polar surface area (TPSA) is 3.24 Å². The van der Waals surface area contributed by atoms with Crippen molar-refractivity contribution < 1.29 is 0 Å². The van der Waals surface area contributed by atoms with Crippen molar-refractivity contribution in [2.24, 2.45) is 0 Å². The van der Waals surface area contributed by atoms with E-state index in [1.54, 1.807) is 0 Å². The number of anilines is 1. The Kier molecular flexibility index (Phi) is 5.53. The minimum absolute atomic E-state index is 0.620. The smallest absolute Gasteiger partial charge is 0.0446 e. The van der Waals surface area contributed by atoms with Gasteiger partial charge in [0.05, 0.1) is 0 Å². The summed E-state index contributed by atoms with van der Waals surface area (Å²) in [6.45, 7) is 5.44. The summed E-state index contributed by atoms with van der Waals surface area (Å²) in [5.41, 5.74) is 5.41. The van der Waals surface area contributed by atoms with Crippen molar-refractivity contribution in [2.45, 2.75) is 39.0 Å². The normalized spacial score (nSPS) is 21.3. The number of allylic oxidation sites excluding steroid dienone is 8. The van der Waals surface area contributed by atoms with Gasteiger partial charge in [-0.25, -0.2) is 0 Å². The molecule has 0 saturated heterocycles. The van der Waals surface area contributed by atoms with Crippen LogP contribution in [-0.2, 0) is 0 Å².